The van der Waals surface area contributed by atoms with Crippen LogP contribution in [0, 0.1) is 0 Å². The van der Waals surface area contributed by atoms with E-state index in [4.69, 9.17) is 20.8 Å². The van der Waals surface area contributed by atoms with Gasteiger partial charge in [0, 0.05) is 10.6 Å². The molecule has 1 aromatic heterocycles. The number of carbonyl (C=O) groups excluding carboxylic acids is 3. The van der Waals surface area contributed by atoms with Gasteiger partial charge in [-0.1, -0.05) is 24.4 Å². The Bertz CT molecular complexity index is 918. The first-order valence-electron chi connectivity index (χ1n) is 8.97. The number of urea groups is 1. The number of hydrogen-bond acceptors (Lipinski definition) is 6. The number of amides is 3. The molecule has 1 spiro atoms. The van der Waals surface area contributed by atoms with Crippen LogP contribution in [-0.2, 0) is 20.9 Å². The summed E-state index contributed by atoms with van der Waals surface area (Å²) in [6.45, 7) is -0.627. The quantitative estimate of drug-likeness (QED) is 0.608. The molecule has 0 unspecified atom stereocenters. The summed E-state index contributed by atoms with van der Waals surface area (Å²) < 4.78 is 10.7. The number of benzene rings is 1. The molecule has 4 rings (SSSR count). The Balaban J connectivity index is 1.33. The largest absolute Gasteiger partial charge is 0.454 e. The SMILES string of the molecule is O=C(CN1C(=O)NC2(CCCC2)C1=O)OCc1ncc(-c2ccc(Cl)cc2)o1. The molecule has 8 nitrogen and oxygen atoms in total. The standard InChI is InChI=1S/C19H18ClN3O5/c20-13-5-3-12(4-6-13)14-9-21-15(28-14)11-27-16(24)10-23-17(25)19(22-18(23)26)7-1-2-8-19/h3-6,9H,1-2,7-8,10-11H2,(H,22,26). The highest BCUT2D eigenvalue weighted by Gasteiger charge is 2.52. The first-order valence-corrected chi connectivity index (χ1v) is 9.35. The van der Waals surface area contributed by atoms with Gasteiger partial charge in [-0.25, -0.2) is 9.78 Å². The number of carbonyl (C=O) groups is 3. The zero-order chi connectivity index (χ0) is 19.7. The number of nitrogens with one attached hydrogen (secondary N) is 1. The molecular formula is C19H18ClN3O5. The summed E-state index contributed by atoms with van der Waals surface area (Å²) >= 11 is 5.86. The van der Waals surface area contributed by atoms with E-state index in [1.54, 1.807) is 24.3 Å². The van der Waals surface area contributed by atoms with E-state index < -0.39 is 24.1 Å². The smallest absolute Gasteiger partial charge is 0.326 e. The molecule has 1 N–H and O–H groups in total. The molecule has 0 radical (unpaired) electrons. The lowest BCUT2D eigenvalue weighted by atomic mass is 9.98. The van der Waals surface area contributed by atoms with Crippen molar-refractivity contribution in [1.29, 1.82) is 0 Å². The fourth-order valence-electron chi connectivity index (χ4n) is 3.58. The van der Waals surface area contributed by atoms with Crippen molar-refractivity contribution in [2.45, 2.75) is 37.8 Å². The van der Waals surface area contributed by atoms with E-state index in [1.807, 2.05) is 0 Å². The van der Waals surface area contributed by atoms with Crippen molar-refractivity contribution in [1.82, 2.24) is 15.2 Å². The summed E-state index contributed by atoms with van der Waals surface area (Å²) in [4.78, 5) is 41.7. The Morgan fingerprint density at radius 1 is 1.25 bits per heavy atom. The van der Waals surface area contributed by atoms with E-state index in [-0.39, 0.29) is 18.4 Å². The van der Waals surface area contributed by atoms with Crippen molar-refractivity contribution in [3.05, 3.63) is 41.4 Å². The van der Waals surface area contributed by atoms with E-state index in [1.165, 1.54) is 6.20 Å². The lowest BCUT2D eigenvalue weighted by molar-refractivity contribution is -0.149. The minimum atomic E-state index is -0.840. The van der Waals surface area contributed by atoms with Gasteiger partial charge in [0.2, 0.25) is 5.89 Å². The molecule has 1 aromatic carbocycles. The maximum atomic E-state index is 12.5. The number of hydrogen-bond donors (Lipinski definition) is 1. The number of rotatable bonds is 5. The molecule has 0 atom stereocenters. The van der Waals surface area contributed by atoms with Crippen LogP contribution in [0.2, 0.25) is 5.02 Å². The molecule has 1 saturated carbocycles. The third-order valence-electron chi connectivity index (χ3n) is 5.03. The molecule has 146 valence electrons. The van der Waals surface area contributed by atoms with Crippen molar-refractivity contribution in [2.24, 2.45) is 0 Å². The molecule has 9 heteroatoms. The Morgan fingerprint density at radius 3 is 2.68 bits per heavy atom. The van der Waals surface area contributed by atoms with Gasteiger partial charge in [0.15, 0.2) is 12.4 Å². The highest BCUT2D eigenvalue weighted by molar-refractivity contribution is 6.30. The topological polar surface area (TPSA) is 102 Å². The first kappa shape index (κ1) is 18.5. The molecule has 2 aromatic rings. The second kappa shape index (κ2) is 7.27. The van der Waals surface area contributed by atoms with Crippen LogP contribution in [0.25, 0.3) is 11.3 Å². The molecular weight excluding hydrogens is 386 g/mol. The predicted molar refractivity (Wildman–Crippen MR) is 98.2 cm³/mol. The lowest BCUT2D eigenvalue weighted by Gasteiger charge is -2.19. The first-order chi connectivity index (χ1) is 13.5. The average molecular weight is 404 g/mol. The van der Waals surface area contributed by atoms with Crippen LogP contribution < -0.4 is 5.32 Å². The minimum absolute atomic E-state index is 0.193. The minimum Gasteiger partial charge on any atom is -0.454 e. The maximum absolute atomic E-state index is 12.5. The summed E-state index contributed by atoms with van der Waals surface area (Å²) in [5.41, 5.74) is -0.0522. The molecule has 2 aliphatic rings. The molecule has 28 heavy (non-hydrogen) atoms. The maximum Gasteiger partial charge on any atom is 0.326 e. The number of halogens is 1. The van der Waals surface area contributed by atoms with Crippen LogP contribution in [-0.4, -0.2) is 39.9 Å². The fourth-order valence-corrected chi connectivity index (χ4v) is 3.70. The van der Waals surface area contributed by atoms with E-state index in [9.17, 15) is 14.4 Å². The summed E-state index contributed by atoms with van der Waals surface area (Å²) in [5.74, 6) is -0.333. The number of oxazole rings is 1. The lowest BCUT2D eigenvalue weighted by Crippen LogP contribution is -2.44. The van der Waals surface area contributed by atoms with Crippen LogP contribution in [0.4, 0.5) is 4.79 Å². The van der Waals surface area contributed by atoms with Crippen molar-refractivity contribution in [3.8, 4) is 11.3 Å². The van der Waals surface area contributed by atoms with Crippen LogP contribution in [0.5, 0.6) is 0 Å². The van der Waals surface area contributed by atoms with Crippen LogP contribution in [0.15, 0.2) is 34.9 Å². The van der Waals surface area contributed by atoms with Crippen LogP contribution >= 0.6 is 11.6 Å². The molecule has 1 aliphatic carbocycles. The zero-order valence-electron chi connectivity index (χ0n) is 14.9. The highest BCUT2D eigenvalue weighted by Crippen LogP contribution is 2.35. The second-order valence-corrected chi connectivity index (χ2v) is 7.33. The summed E-state index contributed by atoms with van der Waals surface area (Å²) in [6, 6.07) is 6.48. The third kappa shape index (κ3) is 3.47. The van der Waals surface area contributed by atoms with E-state index in [0.717, 1.165) is 23.3 Å². The fraction of sp³-hybridized carbons (Fsp3) is 0.368. The number of ether oxygens (including phenoxy) is 1. The van der Waals surface area contributed by atoms with Crippen molar-refractivity contribution in [3.63, 3.8) is 0 Å². The van der Waals surface area contributed by atoms with E-state index >= 15 is 0 Å². The van der Waals surface area contributed by atoms with Gasteiger partial charge >= 0.3 is 12.0 Å². The monoisotopic (exact) mass is 403 g/mol. The number of esters is 1. The number of imide groups is 1. The van der Waals surface area contributed by atoms with Gasteiger partial charge in [-0.2, -0.15) is 0 Å². The summed E-state index contributed by atoms with van der Waals surface area (Å²) in [5, 5.41) is 3.33. The molecule has 1 saturated heterocycles. The number of nitrogens with zero attached hydrogens (tertiary/aromatic N) is 2. The molecule has 1 aliphatic heterocycles. The van der Waals surface area contributed by atoms with Crippen molar-refractivity contribution < 1.29 is 23.5 Å². The normalized spacial score (nSPS) is 18.0. The second-order valence-electron chi connectivity index (χ2n) is 6.90. The zero-order valence-corrected chi connectivity index (χ0v) is 15.7. The Labute approximate surface area is 165 Å². The van der Waals surface area contributed by atoms with Crippen molar-refractivity contribution >= 4 is 29.5 Å². The third-order valence-corrected chi connectivity index (χ3v) is 5.28. The predicted octanol–water partition coefficient (Wildman–Crippen LogP) is 2.90. The van der Waals surface area contributed by atoms with Gasteiger partial charge in [0.1, 0.15) is 12.1 Å². The molecule has 2 heterocycles. The molecule has 2 fully saturated rings. The average Bonchev–Trinajstić information content (AvgIpc) is 3.39. The van der Waals surface area contributed by atoms with Crippen molar-refractivity contribution in [2.75, 3.05) is 6.54 Å². The van der Waals surface area contributed by atoms with Crippen LogP contribution in [0.1, 0.15) is 31.6 Å². The molecule has 3 amide bonds. The molecule has 0 bridgehead atoms. The van der Waals surface area contributed by atoms with E-state index in [2.05, 4.69) is 10.3 Å². The Morgan fingerprint density at radius 2 is 1.96 bits per heavy atom. The van der Waals surface area contributed by atoms with Gasteiger partial charge in [-0.3, -0.25) is 14.5 Å². The Hall–Kier alpha value is -2.87. The Kier molecular flexibility index (Phi) is 4.80. The summed E-state index contributed by atoms with van der Waals surface area (Å²) in [6.07, 6.45) is 4.49. The van der Waals surface area contributed by atoms with Gasteiger partial charge in [-0.15, -0.1) is 0 Å². The van der Waals surface area contributed by atoms with Gasteiger partial charge < -0.3 is 14.5 Å². The van der Waals surface area contributed by atoms with Gasteiger partial charge in [-0.05, 0) is 37.1 Å². The summed E-state index contributed by atoms with van der Waals surface area (Å²) in [7, 11) is 0. The van der Waals surface area contributed by atoms with Gasteiger partial charge in [0.25, 0.3) is 5.91 Å². The number of aromatic nitrogens is 1. The highest BCUT2D eigenvalue weighted by atomic mass is 35.5. The van der Waals surface area contributed by atoms with Gasteiger partial charge in [0.05, 0.1) is 6.20 Å². The van der Waals surface area contributed by atoms with E-state index in [0.29, 0.717) is 23.6 Å². The van der Waals surface area contributed by atoms with Crippen LogP contribution in [0.3, 0.4) is 0 Å².